The van der Waals surface area contributed by atoms with Crippen molar-refractivity contribution >= 4 is 23.4 Å². The topological polar surface area (TPSA) is 90.7 Å². The van der Waals surface area contributed by atoms with Gasteiger partial charge < -0.3 is 10.4 Å². The van der Waals surface area contributed by atoms with Crippen LogP contribution in [-0.4, -0.2) is 63.6 Å². The third-order valence-electron chi connectivity index (χ3n) is 6.47. The molecule has 1 unspecified atom stereocenters. The maximum absolute atomic E-state index is 12.9. The molecular weight excluding hydrogens is 454 g/mol. The standard InChI is InChI=1S/C25H36ClN5O3/c1-5-31(29(3)4)23(32)16-30-17(2)14-22(28-30)19-12-13-21(26)20(15-19)25(34)27-24(33)18-10-8-6-7-9-11-18/h12-15,18,24,33H,5-11,16H2,1-4H3,(H,27,34). The minimum absolute atomic E-state index is 0.0612. The molecule has 3 rings (SSSR count). The van der Waals surface area contributed by atoms with Crippen LogP contribution in [0.5, 0.6) is 0 Å². The predicted octanol–water partition coefficient (Wildman–Crippen LogP) is 3.86. The molecule has 9 heteroatoms. The van der Waals surface area contributed by atoms with Crippen LogP contribution in [-0.2, 0) is 11.3 Å². The van der Waals surface area contributed by atoms with E-state index in [-0.39, 0.29) is 18.4 Å². The molecule has 0 radical (unpaired) electrons. The van der Waals surface area contributed by atoms with E-state index < -0.39 is 12.1 Å². The van der Waals surface area contributed by atoms with E-state index in [1.807, 2.05) is 34.0 Å². The Morgan fingerprint density at radius 3 is 2.50 bits per heavy atom. The minimum atomic E-state index is -0.893. The first-order valence-corrected chi connectivity index (χ1v) is 12.4. The first-order chi connectivity index (χ1) is 16.2. The summed E-state index contributed by atoms with van der Waals surface area (Å²) in [6.07, 6.45) is 5.42. The van der Waals surface area contributed by atoms with Crippen molar-refractivity contribution in [3.8, 4) is 11.3 Å². The number of hydrazine groups is 1. The fourth-order valence-corrected chi connectivity index (χ4v) is 4.72. The lowest BCUT2D eigenvalue weighted by Crippen LogP contribution is -2.43. The number of carbonyl (C=O) groups excluding carboxylic acids is 2. The normalized spacial score (nSPS) is 15.7. The number of nitrogens with one attached hydrogen (secondary N) is 1. The number of hydrogen-bond donors (Lipinski definition) is 2. The summed E-state index contributed by atoms with van der Waals surface area (Å²) < 4.78 is 1.66. The van der Waals surface area contributed by atoms with Crippen LogP contribution in [0.15, 0.2) is 24.3 Å². The zero-order chi connectivity index (χ0) is 24.8. The van der Waals surface area contributed by atoms with Crippen molar-refractivity contribution in [1.82, 2.24) is 25.1 Å². The fourth-order valence-electron chi connectivity index (χ4n) is 4.52. The highest BCUT2D eigenvalue weighted by Gasteiger charge is 2.24. The van der Waals surface area contributed by atoms with Crippen LogP contribution in [0.2, 0.25) is 5.02 Å². The second kappa shape index (κ2) is 11.8. The van der Waals surface area contributed by atoms with Gasteiger partial charge in [-0.3, -0.25) is 19.3 Å². The monoisotopic (exact) mass is 489 g/mol. The molecule has 1 aromatic heterocycles. The number of likely N-dealkylation sites (N-methyl/N-ethyl adjacent to an activating group) is 1. The summed E-state index contributed by atoms with van der Waals surface area (Å²) in [6.45, 7) is 4.50. The number of amides is 2. The third kappa shape index (κ3) is 6.37. The summed E-state index contributed by atoms with van der Waals surface area (Å²) in [5.74, 6) is -0.400. The van der Waals surface area contributed by atoms with Crippen molar-refractivity contribution in [3.05, 3.63) is 40.5 Å². The first kappa shape index (κ1) is 26.2. The van der Waals surface area contributed by atoms with Crippen molar-refractivity contribution in [2.75, 3.05) is 20.6 Å². The second-order valence-corrected chi connectivity index (χ2v) is 9.56. The molecule has 0 spiro atoms. The highest BCUT2D eigenvalue weighted by atomic mass is 35.5. The van der Waals surface area contributed by atoms with Gasteiger partial charge in [0.25, 0.3) is 11.8 Å². The zero-order valence-electron chi connectivity index (χ0n) is 20.6. The molecule has 1 aliphatic rings. The molecule has 1 aromatic carbocycles. The number of hydrogen-bond acceptors (Lipinski definition) is 5. The van der Waals surface area contributed by atoms with E-state index in [2.05, 4.69) is 10.4 Å². The number of aliphatic hydroxyl groups is 1. The van der Waals surface area contributed by atoms with E-state index in [1.165, 1.54) is 12.8 Å². The van der Waals surface area contributed by atoms with Gasteiger partial charge in [-0.15, -0.1) is 0 Å². The van der Waals surface area contributed by atoms with Gasteiger partial charge in [-0.25, -0.2) is 5.01 Å². The average molecular weight is 490 g/mol. The Morgan fingerprint density at radius 2 is 1.88 bits per heavy atom. The van der Waals surface area contributed by atoms with E-state index in [0.29, 0.717) is 28.4 Å². The highest BCUT2D eigenvalue weighted by Crippen LogP contribution is 2.27. The summed E-state index contributed by atoms with van der Waals surface area (Å²) in [6, 6.07) is 7.02. The largest absolute Gasteiger partial charge is 0.373 e. The van der Waals surface area contributed by atoms with Crippen LogP contribution >= 0.6 is 11.6 Å². The molecule has 2 amide bonds. The van der Waals surface area contributed by atoms with Gasteiger partial charge in [-0.1, -0.05) is 43.4 Å². The van der Waals surface area contributed by atoms with E-state index in [1.54, 1.807) is 32.9 Å². The van der Waals surface area contributed by atoms with E-state index in [4.69, 9.17) is 11.6 Å². The van der Waals surface area contributed by atoms with Crippen molar-refractivity contribution < 1.29 is 14.7 Å². The minimum Gasteiger partial charge on any atom is -0.373 e. The Hall–Kier alpha value is -2.42. The molecule has 1 atom stereocenters. The number of nitrogens with zero attached hydrogens (tertiary/aromatic N) is 4. The molecule has 0 aliphatic heterocycles. The average Bonchev–Trinajstić information content (AvgIpc) is 2.98. The zero-order valence-corrected chi connectivity index (χ0v) is 21.3. The van der Waals surface area contributed by atoms with Crippen LogP contribution in [0.25, 0.3) is 11.3 Å². The van der Waals surface area contributed by atoms with Gasteiger partial charge in [-0.05, 0) is 44.9 Å². The summed E-state index contributed by atoms with van der Waals surface area (Å²) in [4.78, 5) is 25.6. The first-order valence-electron chi connectivity index (χ1n) is 12.0. The Morgan fingerprint density at radius 1 is 1.21 bits per heavy atom. The Kier molecular flexibility index (Phi) is 9.10. The summed E-state index contributed by atoms with van der Waals surface area (Å²) in [5, 5.41) is 21.7. The van der Waals surface area contributed by atoms with Gasteiger partial charge in [-0.2, -0.15) is 5.10 Å². The molecular formula is C25H36ClN5O3. The quantitative estimate of drug-likeness (QED) is 0.334. The summed E-state index contributed by atoms with van der Waals surface area (Å²) >= 11 is 6.34. The number of benzene rings is 1. The Bertz CT molecular complexity index is 998. The molecule has 2 N–H and O–H groups in total. The maximum atomic E-state index is 12.9. The highest BCUT2D eigenvalue weighted by molar-refractivity contribution is 6.34. The fraction of sp³-hybridized carbons (Fsp3) is 0.560. The van der Waals surface area contributed by atoms with Gasteiger partial charge in [0.2, 0.25) is 0 Å². The lowest BCUT2D eigenvalue weighted by Gasteiger charge is -2.27. The molecule has 1 fully saturated rings. The van der Waals surface area contributed by atoms with Crippen LogP contribution in [0, 0.1) is 12.8 Å². The molecule has 0 bridgehead atoms. The van der Waals surface area contributed by atoms with Gasteiger partial charge in [0.1, 0.15) is 12.8 Å². The van der Waals surface area contributed by atoms with Gasteiger partial charge in [0.05, 0.1) is 16.3 Å². The smallest absolute Gasteiger partial charge is 0.258 e. The lowest BCUT2D eigenvalue weighted by atomic mass is 9.98. The van der Waals surface area contributed by atoms with Crippen molar-refractivity contribution in [3.63, 3.8) is 0 Å². The molecule has 0 saturated heterocycles. The number of aryl methyl sites for hydroxylation is 1. The number of aromatic nitrogens is 2. The molecule has 186 valence electrons. The molecule has 34 heavy (non-hydrogen) atoms. The molecule has 8 nitrogen and oxygen atoms in total. The predicted molar refractivity (Wildman–Crippen MR) is 133 cm³/mol. The molecule has 1 heterocycles. The van der Waals surface area contributed by atoms with E-state index in [9.17, 15) is 14.7 Å². The number of halogens is 1. The van der Waals surface area contributed by atoms with Gasteiger partial charge >= 0.3 is 0 Å². The van der Waals surface area contributed by atoms with Crippen LogP contribution in [0.1, 0.15) is 61.5 Å². The summed E-state index contributed by atoms with van der Waals surface area (Å²) in [5.41, 5.74) is 2.49. The van der Waals surface area contributed by atoms with Gasteiger partial charge in [0, 0.05) is 37.8 Å². The maximum Gasteiger partial charge on any atom is 0.258 e. The second-order valence-electron chi connectivity index (χ2n) is 9.15. The molecule has 1 saturated carbocycles. The van der Waals surface area contributed by atoms with Crippen molar-refractivity contribution in [1.29, 1.82) is 0 Å². The van der Waals surface area contributed by atoms with Gasteiger partial charge in [0.15, 0.2) is 0 Å². The Labute approximate surface area is 206 Å². The lowest BCUT2D eigenvalue weighted by molar-refractivity contribution is -0.145. The van der Waals surface area contributed by atoms with E-state index >= 15 is 0 Å². The number of aliphatic hydroxyl groups excluding tert-OH is 1. The van der Waals surface area contributed by atoms with Crippen LogP contribution in [0.3, 0.4) is 0 Å². The van der Waals surface area contributed by atoms with Crippen molar-refractivity contribution in [2.24, 2.45) is 5.92 Å². The summed E-state index contributed by atoms with van der Waals surface area (Å²) in [7, 11) is 3.66. The SMILES string of the molecule is CCN(C(=O)Cn1nc(-c2ccc(Cl)c(C(=O)NC(O)C3CCCCCC3)c2)cc1C)N(C)C. The molecule has 1 aliphatic carbocycles. The van der Waals surface area contributed by atoms with E-state index in [0.717, 1.165) is 31.4 Å². The van der Waals surface area contributed by atoms with Crippen LogP contribution in [0.4, 0.5) is 0 Å². The Balaban J connectivity index is 1.76. The molecule has 2 aromatic rings. The van der Waals surface area contributed by atoms with Crippen LogP contribution < -0.4 is 5.32 Å². The number of carbonyl (C=O) groups is 2. The number of rotatable bonds is 8. The third-order valence-corrected chi connectivity index (χ3v) is 6.80. The van der Waals surface area contributed by atoms with Crippen molar-refractivity contribution in [2.45, 2.75) is 65.1 Å².